The number of nitrogens with zero attached hydrogens (tertiary/aromatic N) is 2. The van der Waals surface area contributed by atoms with Gasteiger partial charge in [0.2, 0.25) is 5.88 Å². The number of carboxylic acid groups (broad SMARTS) is 1. The molecule has 0 spiro atoms. The third-order valence-corrected chi connectivity index (χ3v) is 3.04. The molecular weight excluding hydrogens is 272 g/mol. The van der Waals surface area contributed by atoms with E-state index in [0.717, 1.165) is 5.56 Å². The molecule has 110 valence electrons. The normalized spacial score (nSPS) is 11.7. The van der Waals surface area contributed by atoms with Crippen molar-refractivity contribution in [3.8, 4) is 11.6 Å². The third kappa shape index (κ3) is 3.68. The summed E-state index contributed by atoms with van der Waals surface area (Å²) in [5.41, 5.74) is 0.841. The molecule has 2 rings (SSSR count). The van der Waals surface area contributed by atoms with Crippen LogP contribution in [0.1, 0.15) is 17.3 Å². The Kier molecular flexibility index (Phi) is 4.71. The summed E-state index contributed by atoms with van der Waals surface area (Å²) >= 11 is 0. The van der Waals surface area contributed by atoms with Crippen LogP contribution in [0.2, 0.25) is 0 Å². The number of carboxylic acids is 1. The van der Waals surface area contributed by atoms with E-state index >= 15 is 0 Å². The monoisotopic (exact) mass is 288 g/mol. The standard InChI is InChI=1S/C15H16N2O4/c1-20-11-5-3-4-10(8-11)9-12(15(18)19)14-16-7-6-13(17-14)21-2/h3-8,12H,9H2,1-2H3,(H,18,19). The van der Waals surface area contributed by atoms with E-state index in [4.69, 9.17) is 9.47 Å². The second-order valence-electron chi connectivity index (χ2n) is 4.40. The topological polar surface area (TPSA) is 81.5 Å². The van der Waals surface area contributed by atoms with Gasteiger partial charge in [0.15, 0.2) is 0 Å². The predicted molar refractivity (Wildman–Crippen MR) is 75.7 cm³/mol. The summed E-state index contributed by atoms with van der Waals surface area (Å²) in [5.74, 6) is -0.567. The fourth-order valence-electron chi connectivity index (χ4n) is 1.96. The van der Waals surface area contributed by atoms with E-state index < -0.39 is 11.9 Å². The number of hydrogen-bond donors (Lipinski definition) is 1. The van der Waals surface area contributed by atoms with Crippen molar-refractivity contribution in [2.24, 2.45) is 0 Å². The summed E-state index contributed by atoms with van der Waals surface area (Å²) in [7, 11) is 3.04. The highest BCUT2D eigenvalue weighted by Crippen LogP contribution is 2.22. The summed E-state index contributed by atoms with van der Waals surface area (Å²) in [6, 6.07) is 8.85. The average molecular weight is 288 g/mol. The maximum absolute atomic E-state index is 11.5. The van der Waals surface area contributed by atoms with Gasteiger partial charge >= 0.3 is 5.97 Å². The molecule has 0 saturated heterocycles. The van der Waals surface area contributed by atoms with E-state index in [1.54, 1.807) is 25.3 Å². The number of carbonyl (C=O) groups is 1. The molecule has 0 aliphatic heterocycles. The average Bonchev–Trinajstić information content (AvgIpc) is 2.52. The Morgan fingerprint density at radius 3 is 2.76 bits per heavy atom. The lowest BCUT2D eigenvalue weighted by molar-refractivity contribution is -0.139. The molecule has 0 aliphatic rings. The number of rotatable bonds is 6. The number of hydrogen-bond acceptors (Lipinski definition) is 5. The van der Waals surface area contributed by atoms with Crippen LogP contribution in [-0.4, -0.2) is 35.3 Å². The van der Waals surface area contributed by atoms with Crippen LogP contribution in [-0.2, 0) is 11.2 Å². The number of ether oxygens (including phenoxy) is 2. The van der Waals surface area contributed by atoms with E-state index in [0.29, 0.717) is 11.6 Å². The van der Waals surface area contributed by atoms with Crippen molar-refractivity contribution in [3.05, 3.63) is 47.9 Å². The molecule has 1 atom stereocenters. The van der Waals surface area contributed by atoms with Gasteiger partial charge in [-0.2, -0.15) is 4.98 Å². The van der Waals surface area contributed by atoms with Gasteiger partial charge in [-0.1, -0.05) is 12.1 Å². The Hall–Kier alpha value is -2.63. The van der Waals surface area contributed by atoms with Crippen molar-refractivity contribution in [1.82, 2.24) is 9.97 Å². The lowest BCUT2D eigenvalue weighted by Gasteiger charge is -2.12. The molecule has 0 radical (unpaired) electrons. The van der Waals surface area contributed by atoms with Crippen molar-refractivity contribution in [1.29, 1.82) is 0 Å². The van der Waals surface area contributed by atoms with Crippen molar-refractivity contribution in [2.75, 3.05) is 14.2 Å². The summed E-state index contributed by atoms with van der Waals surface area (Å²) < 4.78 is 10.1. The van der Waals surface area contributed by atoms with Crippen LogP contribution >= 0.6 is 0 Å². The molecule has 1 aromatic carbocycles. The van der Waals surface area contributed by atoms with Gasteiger partial charge in [-0.25, -0.2) is 4.98 Å². The maximum Gasteiger partial charge on any atom is 0.314 e. The first-order chi connectivity index (χ1) is 10.1. The lowest BCUT2D eigenvalue weighted by Crippen LogP contribution is -2.17. The first-order valence-electron chi connectivity index (χ1n) is 6.36. The van der Waals surface area contributed by atoms with Gasteiger partial charge in [-0.05, 0) is 24.1 Å². The van der Waals surface area contributed by atoms with Crippen molar-refractivity contribution >= 4 is 5.97 Å². The van der Waals surface area contributed by atoms with E-state index in [-0.39, 0.29) is 12.2 Å². The first kappa shape index (κ1) is 14.8. The molecule has 0 fully saturated rings. The summed E-state index contributed by atoms with van der Waals surface area (Å²) in [6.45, 7) is 0. The number of aliphatic carboxylic acids is 1. The smallest absolute Gasteiger partial charge is 0.314 e. The Labute approximate surface area is 122 Å². The van der Waals surface area contributed by atoms with Crippen molar-refractivity contribution < 1.29 is 19.4 Å². The maximum atomic E-state index is 11.5. The minimum absolute atomic E-state index is 0.227. The van der Waals surface area contributed by atoms with Gasteiger partial charge in [0.25, 0.3) is 0 Å². The predicted octanol–water partition coefficient (Wildman–Crippen LogP) is 1.90. The summed E-state index contributed by atoms with van der Waals surface area (Å²) in [5, 5.41) is 9.43. The Morgan fingerprint density at radius 2 is 2.10 bits per heavy atom. The molecule has 6 nitrogen and oxygen atoms in total. The van der Waals surface area contributed by atoms with Crippen LogP contribution in [0.4, 0.5) is 0 Å². The number of methoxy groups -OCH3 is 2. The van der Waals surface area contributed by atoms with Gasteiger partial charge in [-0.3, -0.25) is 4.79 Å². The molecule has 21 heavy (non-hydrogen) atoms. The highest BCUT2D eigenvalue weighted by molar-refractivity contribution is 5.75. The van der Waals surface area contributed by atoms with Crippen LogP contribution in [0.5, 0.6) is 11.6 Å². The summed E-state index contributed by atoms with van der Waals surface area (Å²) in [6.07, 6.45) is 1.77. The molecule has 0 bridgehead atoms. The molecule has 0 aliphatic carbocycles. The fourth-order valence-corrected chi connectivity index (χ4v) is 1.96. The lowest BCUT2D eigenvalue weighted by atomic mass is 9.98. The fraction of sp³-hybridized carbons (Fsp3) is 0.267. The van der Waals surface area contributed by atoms with E-state index in [9.17, 15) is 9.90 Å². The largest absolute Gasteiger partial charge is 0.497 e. The van der Waals surface area contributed by atoms with Gasteiger partial charge in [0.05, 0.1) is 14.2 Å². The number of aromatic nitrogens is 2. The van der Waals surface area contributed by atoms with E-state index in [1.165, 1.54) is 13.3 Å². The molecular formula is C15H16N2O4. The molecule has 1 aromatic heterocycles. The SMILES string of the molecule is COc1cccc(CC(C(=O)O)c2nccc(OC)n2)c1. The Morgan fingerprint density at radius 1 is 1.29 bits per heavy atom. The number of benzene rings is 1. The Balaban J connectivity index is 2.28. The third-order valence-electron chi connectivity index (χ3n) is 3.04. The van der Waals surface area contributed by atoms with Gasteiger partial charge in [-0.15, -0.1) is 0 Å². The first-order valence-corrected chi connectivity index (χ1v) is 6.36. The molecule has 0 amide bonds. The molecule has 0 saturated carbocycles. The minimum atomic E-state index is -0.980. The van der Waals surface area contributed by atoms with Gasteiger partial charge in [0.1, 0.15) is 17.5 Å². The van der Waals surface area contributed by atoms with Crippen LogP contribution < -0.4 is 9.47 Å². The van der Waals surface area contributed by atoms with Gasteiger partial charge in [0, 0.05) is 12.3 Å². The molecule has 1 N–H and O–H groups in total. The van der Waals surface area contributed by atoms with E-state index in [1.807, 2.05) is 12.1 Å². The second kappa shape index (κ2) is 6.69. The van der Waals surface area contributed by atoms with Crippen molar-refractivity contribution in [2.45, 2.75) is 12.3 Å². The van der Waals surface area contributed by atoms with Crippen LogP contribution in [0.15, 0.2) is 36.5 Å². The molecule has 2 aromatic rings. The highest BCUT2D eigenvalue weighted by Gasteiger charge is 2.24. The quantitative estimate of drug-likeness (QED) is 0.874. The highest BCUT2D eigenvalue weighted by atomic mass is 16.5. The zero-order chi connectivity index (χ0) is 15.2. The Bertz CT molecular complexity index is 631. The zero-order valence-corrected chi connectivity index (χ0v) is 11.8. The van der Waals surface area contributed by atoms with E-state index in [2.05, 4.69) is 9.97 Å². The second-order valence-corrected chi connectivity index (χ2v) is 4.40. The van der Waals surface area contributed by atoms with Gasteiger partial charge < -0.3 is 14.6 Å². The van der Waals surface area contributed by atoms with Crippen LogP contribution in [0, 0.1) is 0 Å². The summed E-state index contributed by atoms with van der Waals surface area (Å²) in [4.78, 5) is 19.7. The molecule has 1 unspecified atom stereocenters. The zero-order valence-electron chi connectivity index (χ0n) is 11.8. The van der Waals surface area contributed by atoms with Crippen molar-refractivity contribution in [3.63, 3.8) is 0 Å². The molecule has 1 heterocycles. The minimum Gasteiger partial charge on any atom is -0.497 e. The van der Waals surface area contributed by atoms with Crippen LogP contribution in [0.25, 0.3) is 0 Å². The molecule has 6 heteroatoms. The van der Waals surface area contributed by atoms with Crippen LogP contribution in [0.3, 0.4) is 0 Å².